The topological polar surface area (TPSA) is 42.2 Å². The molecule has 3 aromatic rings. The van der Waals surface area contributed by atoms with Gasteiger partial charge in [-0.15, -0.1) is 0 Å². The third-order valence-corrected chi connectivity index (χ3v) is 4.20. The van der Waals surface area contributed by atoms with Gasteiger partial charge in [-0.05, 0) is 30.2 Å². The number of hydrogen-bond acceptors (Lipinski definition) is 3. The Morgan fingerprint density at radius 2 is 1.89 bits per heavy atom. The van der Waals surface area contributed by atoms with E-state index in [0.29, 0.717) is 11.9 Å². The molecule has 0 saturated carbocycles. The predicted molar refractivity (Wildman–Crippen MR) is 77.9 cm³/mol. The van der Waals surface area contributed by atoms with E-state index in [2.05, 4.69) is 12.1 Å². The minimum atomic E-state index is -0.0215. The molecule has 1 heterocycles. The zero-order valence-corrected chi connectivity index (χ0v) is 11.1. The molecule has 1 N–H and O–H groups in total. The molecule has 19 heavy (non-hydrogen) atoms. The predicted octanol–water partition coefficient (Wildman–Crippen LogP) is 3.01. The van der Waals surface area contributed by atoms with Crippen molar-refractivity contribution in [3.05, 3.63) is 64.4 Å². The number of benzene rings is 2. The van der Waals surface area contributed by atoms with Crippen molar-refractivity contribution in [2.24, 2.45) is 0 Å². The van der Waals surface area contributed by atoms with Gasteiger partial charge in [0.2, 0.25) is 0 Å². The highest BCUT2D eigenvalue weighted by atomic mass is 32.1. The summed E-state index contributed by atoms with van der Waals surface area (Å²) >= 11 is 1.44. The van der Waals surface area contributed by atoms with Crippen LogP contribution < -0.4 is 5.56 Å². The summed E-state index contributed by atoms with van der Waals surface area (Å²) in [4.78, 5) is 12.2. The molecule has 2 aromatic carbocycles. The number of hydrogen-bond donors (Lipinski definition) is 1. The summed E-state index contributed by atoms with van der Waals surface area (Å²) in [5.74, 6) is 0.137. The smallest absolute Gasteiger partial charge is 0.268 e. The monoisotopic (exact) mass is 271 g/mol. The molecule has 0 spiro atoms. The fraction of sp³-hybridized carbons (Fsp3) is 0.133. The van der Waals surface area contributed by atoms with E-state index in [-0.39, 0.29) is 11.3 Å². The Kier molecular flexibility index (Phi) is 3.09. The summed E-state index contributed by atoms with van der Waals surface area (Å²) in [5, 5.41) is 10.0. The lowest BCUT2D eigenvalue weighted by Crippen LogP contribution is -2.14. The molecule has 0 aliphatic rings. The van der Waals surface area contributed by atoms with E-state index >= 15 is 0 Å². The summed E-state index contributed by atoms with van der Waals surface area (Å²) in [6.45, 7) is 0.670. The maximum Gasteiger partial charge on any atom is 0.268 e. The van der Waals surface area contributed by atoms with Gasteiger partial charge in [-0.25, -0.2) is 0 Å². The Labute approximate surface area is 114 Å². The van der Waals surface area contributed by atoms with Gasteiger partial charge in [0.15, 0.2) is 0 Å². The Morgan fingerprint density at radius 1 is 1.11 bits per heavy atom. The van der Waals surface area contributed by atoms with E-state index in [1.54, 1.807) is 16.1 Å². The van der Waals surface area contributed by atoms with E-state index in [1.807, 2.05) is 18.2 Å². The molecular formula is C15H13NO2S. The van der Waals surface area contributed by atoms with E-state index in [9.17, 15) is 9.90 Å². The van der Waals surface area contributed by atoms with Crippen molar-refractivity contribution < 1.29 is 5.11 Å². The summed E-state index contributed by atoms with van der Waals surface area (Å²) < 4.78 is 2.66. The fourth-order valence-corrected chi connectivity index (χ4v) is 3.06. The van der Waals surface area contributed by atoms with Crippen molar-refractivity contribution in [2.75, 3.05) is 0 Å². The van der Waals surface area contributed by atoms with Crippen molar-refractivity contribution in [3.8, 4) is 5.75 Å². The van der Waals surface area contributed by atoms with Gasteiger partial charge in [0.1, 0.15) is 5.75 Å². The van der Waals surface area contributed by atoms with Gasteiger partial charge in [-0.1, -0.05) is 41.9 Å². The molecule has 0 bridgehead atoms. The molecule has 3 rings (SSSR count). The summed E-state index contributed by atoms with van der Waals surface area (Å²) in [7, 11) is 0. The van der Waals surface area contributed by atoms with Crippen molar-refractivity contribution >= 4 is 21.6 Å². The maximum absolute atomic E-state index is 12.2. The summed E-state index contributed by atoms with van der Waals surface area (Å²) in [5.41, 5.74) is 1.20. The molecule has 0 aliphatic heterocycles. The van der Waals surface area contributed by atoms with Crippen LogP contribution in [0.3, 0.4) is 0 Å². The lowest BCUT2D eigenvalue weighted by molar-refractivity contribution is 0.476. The number of fused-ring (bicyclic) bond motifs is 1. The number of phenolic OH excluding ortho intramolecular Hbond substituents is 1. The molecular weight excluding hydrogens is 258 g/mol. The number of phenols is 1. The van der Waals surface area contributed by atoms with Crippen LogP contribution in [0.25, 0.3) is 10.1 Å². The van der Waals surface area contributed by atoms with Gasteiger partial charge >= 0.3 is 0 Å². The lowest BCUT2D eigenvalue weighted by atomic mass is 10.1. The first-order valence-corrected chi connectivity index (χ1v) is 6.88. The number of aryl methyl sites for hydroxylation is 2. The van der Waals surface area contributed by atoms with E-state index in [0.717, 1.165) is 11.1 Å². The molecule has 0 radical (unpaired) electrons. The van der Waals surface area contributed by atoms with Crippen LogP contribution in [-0.2, 0) is 13.0 Å². The second-order valence-corrected chi connectivity index (χ2v) is 5.48. The molecule has 0 fully saturated rings. The molecule has 0 amide bonds. The first-order valence-electron chi connectivity index (χ1n) is 6.11. The Hall–Kier alpha value is -2.07. The zero-order valence-electron chi connectivity index (χ0n) is 10.2. The SMILES string of the molecule is O=c1c2cc(O)ccc2sn1CCc1ccccc1. The van der Waals surface area contributed by atoms with Crippen LogP contribution in [0.5, 0.6) is 5.75 Å². The molecule has 0 saturated heterocycles. The first kappa shape index (κ1) is 12.0. The average Bonchev–Trinajstić information content (AvgIpc) is 2.74. The highest BCUT2D eigenvalue weighted by molar-refractivity contribution is 7.13. The lowest BCUT2D eigenvalue weighted by Gasteiger charge is -2.00. The van der Waals surface area contributed by atoms with Gasteiger partial charge in [-0.3, -0.25) is 8.75 Å². The van der Waals surface area contributed by atoms with Crippen LogP contribution in [0.4, 0.5) is 0 Å². The Balaban J connectivity index is 1.89. The number of rotatable bonds is 3. The molecule has 96 valence electrons. The number of nitrogens with zero attached hydrogens (tertiary/aromatic N) is 1. The molecule has 1 aromatic heterocycles. The van der Waals surface area contributed by atoms with Crippen LogP contribution in [0, 0.1) is 0 Å². The zero-order chi connectivity index (χ0) is 13.2. The second-order valence-electron chi connectivity index (χ2n) is 4.41. The van der Waals surface area contributed by atoms with E-state index in [1.165, 1.54) is 23.2 Å². The van der Waals surface area contributed by atoms with Crippen LogP contribution in [-0.4, -0.2) is 9.06 Å². The van der Waals surface area contributed by atoms with Crippen LogP contribution >= 0.6 is 11.5 Å². The number of aromatic nitrogens is 1. The van der Waals surface area contributed by atoms with Crippen molar-refractivity contribution in [3.63, 3.8) is 0 Å². The van der Waals surface area contributed by atoms with Crippen LogP contribution in [0.15, 0.2) is 53.3 Å². The van der Waals surface area contributed by atoms with Crippen LogP contribution in [0.2, 0.25) is 0 Å². The average molecular weight is 271 g/mol. The standard InChI is InChI=1S/C15H13NO2S/c17-12-6-7-14-13(10-12)15(18)16(19-14)9-8-11-4-2-1-3-5-11/h1-7,10,17H,8-9H2. The van der Waals surface area contributed by atoms with Crippen molar-refractivity contribution in [1.29, 1.82) is 0 Å². The molecule has 0 unspecified atom stereocenters. The second kappa shape index (κ2) is 4.90. The van der Waals surface area contributed by atoms with Crippen molar-refractivity contribution in [2.45, 2.75) is 13.0 Å². The Morgan fingerprint density at radius 3 is 2.68 bits per heavy atom. The van der Waals surface area contributed by atoms with Gasteiger partial charge in [0, 0.05) is 6.54 Å². The molecule has 0 atom stereocenters. The minimum absolute atomic E-state index is 0.0215. The first-order chi connectivity index (χ1) is 9.24. The van der Waals surface area contributed by atoms with Crippen LogP contribution in [0.1, 0.15) is 5.56 Å². The highest BCUT2D eigenvalue weighted by Crippen LogP contribution is 2.21. The minimum Gasteiger partial charge on any atom is -0.508 e. The summed E-state index contributed by atoms with van der Waals surface area (Å²) in [6, 6.07) is 15.0. The Bertz CT molecular complexity index is 759. The van der Waals surface area contributed by atoms with Gasteiger partial charge in [-0.2, -0.15) is 0 Å². The number of aromatic hydroxyl groups is 1. The fourth-order valence-electron chi connectivity index (χ4n) is 2.08. The van der Waals surface area contributed by atoms with Gasteiger partial charge in [0.25, 0.3) is 5.56 Å². The van der Waals surface area contributed by atoms with E-state index < -0.39 is 0 Å². The molecule has 4 heteroatoms. The molecule has 0 aliphatic carbocycles. The van der Waals surface area contributed by atoms with Crippen molar-refractivity contribution in [1.82, 2.24) is 3.96 Å². The molecule has 3 nitrogen and oxygen atoms in total. The maximum atomic E-state index is 12.2. The third kappa shape index (κ3) is 2.39. The largest absolute Gasteiger partial charge is 0.508 e. The van der Waals surface area contributed by atoms with E-state index in [4.69, 9.17) is 0 Å². The quantitative estimate of drug-likeness (QED) is 0.795. The highest BCUT2D eigenvalue weighted by Gasteiger charge is 2.08. The van der Waals surface area contributed by atoms with Gasteiger partial charge in [0.05, 0.1) is 10.1 Å². The van der Waals surface area contributed by atoms with Gasteiger partial charge < -0.3 is 5.11 Å². The third-order valence-electron chi connectivity index (χ3n) is 3.08. The summed E-state index contributed by atoms with van der Waals surface area (Å²) in [6.07, 6.45) is 0.833. The normalized spacial score (nSPS) is 10.9.